The number of non-ortho nitro benzene ring substituents is 1. The van der Waals surface area contributed by atoms with Gasteiger partial charge in [-0.15, -0.1) is 0 Å². The van der Waals surface area contributed by atoms with E-state index < -0.39 is 4.92 Å². The number of carbonyl (C=O) groups is 1. The van der Waals surface area contributed by atoms with Gasteiger partial charge < -0.3 is 5.32 Å². The predicted octanol–water partition coefficient (Wildman–Crippen LogP) is 3.42. The number of fused-ring (bicyclic) bond motifs is 1. The maximum atomic E-state index is 12.7. The van der Waals surface area contributed by atoms with Crippen molar-refractivity contribution in [1.29, 1.82) is 0 Å². The molecule has 0 unspecified atom stereocenters. The molecule has 0 radical (unpaired) electrons. The zero-order chi connectivity index (χ0) is 17.4. The zero-order valence-electron chi connectivity index (χ0n) is 13.5. The van der Waals surface area contributed by atoms with Crippen molar-refractivity contribution in [2.45, 2.75) is 20.8 Å². The van der Waals surface area contributed by atoms with E-state index in [0.29, 0.717) is 22.7 Å². The molecule has 3 aromatic rings. The van der Waals surface area contributed by atoms with Crippen LogP contribution < -0.4 is 5.32 Å². The molecule has 7 heteroatoms. The van der Waals surface area contributed by atoms with E-state index in [4.69, 9.17) is 0 Å². The van der Waals surface area contributed by atoms with Gasteiger partial charge in [-0.1, -0.05) is 12.1 Å². The smallest absolute Gasteiger partial charge is 0.274 e. The number of aromatic nitrogens is 2. The van der Waals surface area contributed by atoms with Gasteiger partial charge in [-0.3, -0.25) is 19.3 Å². The Hall–Kier alpha value is -3.22. The number of rotatable bonds is 3. The highest BCUT2D eigenvalue weighted by Crippen LogP contribution is 2.23. The van der Waals surface area contributed by atoms with Crippen LogP contribution in [0, 0.1) is 30.9 Å². The minimum Gasteiger partial charge on any atom is -0.320 e. The molecule has 0 fully saturated rings. The first kappa shape index (κ1) is 15.7. The summed E-state index contributed by atoms with van der Waals surface area (Å²) >= 11 is 0. The van der Waals surface area contributed by atoms with Crippen molar-refractivity contribution >= 4 is 22.9 Å². The Kier molecular flexibility index (Phi) is 3.76. The molecule has 0 atom stereocenters. The van der Waals surface area contributed by atoms with Crippen molar-refractivity contribution in [1.82, 2.24) is 9.38 Å². The van der Waals surface area contributed by atoms with Crippen LogP contribution in [-0.4, -0.2) is 20.2 Å². The van der Waals surface area contributed by atoms with Crippen molar-refractivity contribution in [2.24, 2.45) is 0 Å². The summed E-state index contributed by atoms with van der Waals surface area (Å²) in [6.45, 7) is 5.48. The van der Waals surface area contributed by atoms with Gasteiger partial charge in [0.05, 0.1) is 16.3 Å². The number of nitrogens with zero attached hydrogens (tertiary/aromatic N) is 3. The fraction of sp³-hybridized carbons (Fsp3) is 0.176. The number of hydrogen-bond donors (Lipinski definition) is 1. The quantitative estimate of drug-likeness (QED) is 0.590. The molecule has 0 bridgehead atoms. The molecule has 1 N–H and O–H groups in total. The van der Waals surface area contributed by atoms with Crippen molar-refractivity contribution in [3.05, 3.63) is 69.2 Å². The van der Waals surface area contributed by atoms with E-state index in [2.05, 4.69) is 10.3 Å². The number of carbonyl (C=O) groups excluding carboxylic acids is 1. The number of imidazole rings is 1. The Labute approximate surface area is 138 Å². The average molecular weight is 324 g/mol. The number of aryl methyl sites for hydroxylation is 3. The number of nitrogens with one attached hydrogen (secondary N) is 1. The topological polar surface area (TPSA) is 89.5 Å². The van der Waals surface area contributed by atoms with E-state index in [0.717, 1.165) is 11.1 Å². The first-order chi connectivity index (χ1) is 11.4. The maximum absolute atomic E-state index is 12.7. The summed E-state index contributed by atoms with van der Waals surface area (Å²) in [5, 5.41) is 13.7. The van der Waals surface area contributed by atoms with Gasteiger partial charge in [0.2, 0.25) is 0 Å². The summed E-state index contributed by atoms with van der Waals surface area (Å²) in [7, 11) is 0. The van der Waals surface area contributed by atoms with Crippen LogP contribution >= 0.6 is 0 Å². The Bertz CT molecular complexity index is 975. The van der Waals surface area contributed by atoms with E-state index in [-0.39, 0.29) is 11.6 Å². The Morgan fingerprint density at radius 3 is 2.67 bits per heavy atom. The SMILES string of the molecule is Cc1ccc2nc(C)c(C(=O)Nc3cc([N+](=O)[O-])ccc3C)n2c1. The van der Waals surface area contributed by atoms with Gasteiger partial charge in [0, 0.05) is 18.3 Å². The highest BCUT2D eigenvalue weighted by Gasteiger charge is 2.18. The van der Waals surface area contributed by atoms with Crippen LogP contribution in [0.25, 0.3) is 5.65 Å². The molecule has 24 heavy (non-hydrogen) atoms. The lowest BCUT2D eigenvalue weighted by Crippen LogP contribution is -2.16. The van der Waals surface area contributed by atoms with E-state index in [1.165, 1.54) is 12.1 Å². The minimum absolute atomic E-state index is 0.0680. The zero-order valence-corrected chi connectivity index (χ0v) is 13.5. The molecule has 0 aliphatic heterocycles. The monoisotopic (exact) mass is 324 g/mol. The number of anilines is 1. The van der Waals surface area contributed by atoms with Gasteiger partial charge in [0.1, 0.15) is 11.3 Å². The highest BCUT2D eigenvalue weighted by molar-refractivity contribution is 6.05. The van der Waals surface area contributed by atoms with Crippen LogP contribution in [-0.2, 0) is 0 Å². The molecule has 1 aromatic carbocycles. The fourth-order valence-electron chi connectivity index (χ4n) is 2.58. The fourth-order valence-corrected chi connectivity index (χ4v) is 2.58. The van der Waals surface area contributed by atoms with E-state index in [1.54, 1.807) is 24.3 Å². The van der Waals surface area contributed by atoms with Crippen molar-refractivity contribution in [2.75, 3.05) is 5.32 Å². The van der Waals surface area contributed by atoms with Gasteiger partial charge >= 0.3 is 0 Å². The molecule has 0 aliphatic carbocycles. The summed E-state index contributed by atoms with van der Waals surface area (Å²) in [6.07, 6.45) is 1.84. The largest absolute Gasteiger partial charge is 0.320 e. The van der Waals surface area contributed by atoms with Gasteiger partial charge in [0.15, 0.2) is 0 Å². The molecule has 0 saturated carbocycles. The lowest BCUT2D eigenvalue weighted by Gasteiger charge is -2.09. The Morgan fingerprint density at radius 2 is 1.96 bits per heavy atom. The summed E-state index contributed by atoms with van der Waals surface area (Å²) < 4.78 is 1.73. The molecule has 0 aliphatic rings. The molecular weight excluding hydrogens is 308 g/mol. The number of benzene rings is 1. The third-order valence-electron chi connectivity index (χ3n) is 3.84. The van der Waals surface area contributed by atoms with Gasteiger partial charge in [-0.05, 0) is 38.0 Å². The van der Waals surface area contributed by atoms with Crippen LogP contribution in [0.15, 0.2) is 36.5 Å². The standard InChI is InChI=1S/C17H16N4O3/c1-10-4-7-15-18-12(3)16(20(15)9-10)17(22)19-14-8-13(21(23)24)6-5-11(14)2/h4-9H,1-3H3,(H,19,22). The van der Waals surface area contributed by atoms with Crippen LogP contribution in [0.1, 0.15) is 27.3 Å². The molecular formula is C17H16N4O3. The van der Waals surface area contributed by atoms with E-state index in [9.17, 15) is 14.9 Å². The van der Waals surface area contributed by atoms with E-state index >= 15 is 0 Å². The minimum atomic E-state index is -0.488. The van der Waals surface area contributed by atoms with Crippen LogP contribution in [0.2, 0.25) is 0 Å². The third-order valence-corrected chi connectivity index (χ3v) is 3.84. The van der Waals surface area contributed by atoms with Crippen molar-refractivity contribution < 1.29 is 9.72 Å². The van der Waals surface area contributed by atoms with Crippen LogP contribution in [0.3, 0.4) is 0 Å². The molecule has 7 nitrogen and oxygen atoms in total. The summed E-state index contributed by atoms with van der Waals surface area (Å²) in [6, 6.07) is 8.15. The second-order valence-electron chi connectivity index (χ2n) is 5.69. The number of hydrogen-bond acceptors (Lipinski definition) is 4. The molecule has 0 saturated heterocycles. The van der Waals surface area contributed by atoms with Gasteiger partial charge in [-0.2, -0.15) is 0 Å². The molecule has 2 heterocycles. The van der Waals surface area contributed by atoms with Crippen molar-refractivity contribution in [3.8, 4) is 0 Å². The predicted molar refractivity (Wildman–Crippen MR) is 90.5 cm³/mol. The molecule has 1 amide bonds. The molecule has 3 rings (SSSR count). The van der Waals surface area contributed by atoms with Crippen LogP contribution in [0.5, 0.6) is 0 Å². The Balaban J connectivity index is 2.02. The number of pyridine rings is 1. The summed E-state index contributed by atoms with van der Waals surface area (Å²) in [5.74, 6) is -0.353. The number of amides is 1. The van der Waals surface area contributed by atoms with E-state index in [1.807, 2.05) is 25.3 Å². The lowest BCUT2D eigenvalue weighted by molar-refractivity contribution is -0.384. The molecule has 122 valence electrons. The number of nitro groups is 1. The van der Waals surface area contributed by atoms with Crippen LogP contribution in [0.4, 0.5) is 11.4 Å². The maximum Gasteiger partial charge on any atom is 0.274 e. The van der Waals surface area contributed by atoms with Crippen molar-refractivity contribution in [3.63, 3.8) is 0 Å². The normalized spacial score (nSPS) is 10.8. The first-order valence-corrected chi connectivity index (χ1v) is 7.38. The third kappa shape index (κ3) is 2.71. The Morgan fingerprint density at radius 1 is 1.21 bits per heavy atom. The average Bonchev–Trinajstić information content (AvgIpc) is 2.84. The lowest BCUT2D eigenvalue weighted by atomic mass is 10.1. The second kappa shape index (κ2) is 5.77. The van der Waals surface area contributed by atoms with Gasteiger partial charge in [0.25, 0.3) is 11.6 Å². The molecule has 0 spiro atoms. The molecule has 2 aromatic heterocycles. The second-order valence-corrected chi connectivity index (χ2v) is 5.69. The summed E-state index contributed by atoms with van der Waals surface area (Å²) in [4.78, 5) is 27.5. The van der Waals surface area contributed by atoms with Gasteiger partial charge in [-0.25, -0.2) is 4.98 Å². The number of nitro benzene ring substituents is 1. The summed E-state index contributed by atoms with van der Waals surface area (Å²) in [5.41, 5.74) is 3.79. The highest BCUT2D eigenvalue weighted by atomic mass is 16.6. The first-order valence-electron chi connectivity index (χ1n) is 7.38.